The smallest absolute Gasteiger partial charge is 0.0481 e. The second kappa shape index (κ2) is 7.17. The summed E-state index contributed by atoms with van der Waals surface area (Å²) in [7, 11) is 0. The SMILES string of the molecule is CC(C)CN1CCNC1.Cl.Cl. The van der Waals surface area contributed by atoms with Crippen LogP contribution in [0.2, 0.25) is 0 Å². The summed E-state index contributed by atoms with van der Waals surface area (Å²) in [6, 6.07) is 0. The molecule has 0 bridgehead atoms. The lowest BCUT2D eigenvalue weighted by Gasteiger charge is -2.15. The van der Waals surface area contributed by atoms with Crippen molar-refractivity contribution in [3.63, 3.8) is 0 Å². The first-order valence-electron chi connectivity index (χ1n) is 3.72. The van der Waals surface area contributed by atoms with Crippen LogP contribution in [0.25, 0.3) is 0 Å². The molecule has 1 saturated heterocycles. The fourth-order valence-corrected chi connectivity index (χ4v) is 1.23. The Bertz CT molecular complexity index is 82.5. The van der Waals surface area contributed by atoms with Gasteiger partial charge in [0.2, 0.25) is 0 Å². The van der Waals surface area contributed by atoms with Crippen LogP contribution in [0.3, 0.4) is 0 Å². The summed E-state index contributed by atoms with van der Waals surface area (Å²) in [4.78, 5) is 2.45. The van der Waals surface area contributed by atoms with Crippen molar-refractivity contribution >= 4 is 24.8 Å². The molecule has 0 aromatic heterocycles. The van der Waals surface area contributed by atoms with Gasteiger partial charge in [-0.3, -0.25) is 4.90 Å². The quantitative estimate of drug-likeness (QED) is 0.725. The summed E-state index contributed by atoms with van der Waals surface area (Å²) in [5.74, 6) is 0.810. The van der Waals surface area contributed by atoms with E-state index in [1.165, 1.54) is 19.6 Å². The molecule has 1 N–H and O–H groups in total. The topological polar surface area (TPSA) is 15.3 Å². The molecular weight excluding hydrogens is 183 g/mol. The van der Waals surface area contributed by atoms with Crippen LogP contribution in [0.5, 0.6) is 0 Å². The molecule has 11 heavy (non-hydrogen) atoms. The maximum Gasteiger partial charge on any atom is 0.0481 e. The third kappa shape index (κ3) is 5.74. The van der Waals surface area contributed by atoms with E-state index in [0.29, 0.717) is 0 Å². The van der Waals surface area contributed by atoms with Crippen LogP contribution in [0, 0.1) is 5.92 Å². The van der Waals surface area contributed by atoms with Crippen LogP contribution in [0.4, 0.5) is 0 Å². The van der Waals surface area contributed by atoms with E-state index < -0.39 is 0 Å². The van der Waals surface area contributed by atoms with Crippen molar-refractivity contribution < 1.29 is 0 Å². The lowest BCUT2D eigenvalue weighted by atomic mass is 10.2. The van der Waals surface area contributed by atoms with E-state index in [4.69, 9.17) is 0 Å². The largest absolute Gasteiger partial charge is 0.303 e. The average Bonchev–Trinajstić information content (AvgIpc) is 2.15. The first-order valence-corrected chi connectivity index (χ1v) is 3.72. The first kappa shape index (κ1) is 14.0. The third-order valence-electron chi connectivity index (χ3n) is 1.56. The summed E-state index contributed by atoms with van der Waals surface area (Å²) in [5, 5.41) is 3.30. The van der Waals surface area contributed by atoms with Gasteiger partial charge in [0.05, 0.1) is 0 Å². The molecule has 0 aromatic carbocycles. The van der Waals surface area contributed by atoms with E-state index in [9.17, 15) is 0 Å². The Morgan fingerprint density at radius 2 is 2.00 bits per heavy atom. The summed E-state index contributed by atoms with van der Waals surface area (Å²) < 4.78 is 0. The summed E-state index contributed by atoms with van der Waals surface area (Å²) in [6.45, 7) is 9.27. The zero-order valence-corrected chi connectivity index (χ0v) is 8.80. The highest BCUT2D eigenvalue weighted by Gasteiger charge is 2.10. The number of halogens is 2. The standard InChI is InChI=1S/C7H16N2.2ClH/c1-7(2)5-9-4-3-8-6-9;;/h7-8H,3-6H2,1-2H3;2*1H. The number of nitrogens with one attached hydrogen (secondary N) is 1. The zero-order valence-electron chi connectivity index (χ0n) is 7.17. The number of hydrogen-bond donors (Lipinski definition) is 1. The molecular formula is C7H18Cl2N2. The molecule has 1 fully saturated rings. The number of hydrogen-bond acceptors (Lipinski definition) is 2. The van der Waals surface area contributed by atoms with Gasteiger partial charge in [-0.05, 0) is 5.92 Å². The lowest BCUT2D eigenvalue weighted by molar-refractivity contribution is 0.295. The Labute approximate surface area is 81.5 Å². The normalized spacial score (nSPS) is 17.7. The first-order chi connectivity index (χ1) is 4.29. The predicted molar refractivity (Wildman–Crippen MR) is 53.8 cm³/mol. The van der Waals surface area contributed by atoms with Gasteiger partial charge in [-0.1, -0.05) is 13.8 Å². The van der Waals surface area contributed by atoms with Gasteiger partial charge in [0.15, 0.2) is 0 Å². The van der Waals surface area contributed by atoms with Crippen molar-refractivity contribution in [2.75, 3.05) is 26.3 Å². The summed E-state index contributed by atoms with van der Waals surface area (Å²) in [6.07, 6.45) is 0. The molecule has 1 rings (SSSR count). The van der Waals surface area contributed by atoms with Crippen LogP contribution in [0.1, 0.15) is 13.8 Å². The Hall–Kier alpha value is 0.500. The van der Waals surface area contributed by atoms with Gasteiger partial charge in [0.1, 0.15) is 0 Å². The van der Waals surface area contributed by atoms with Crippen LogP contribution >= 0.6 is 24.8 Å². The third-order valence-corrected chi connectivity index (χ3v) is 1.56. The maximum atomic E-state index is 3.30. The van der Waals surface area contributed by atoms with Crippen LogP contribution in [0.15, 0.2) is 0 Å². The maximum absolute atomic E-state index is 3.30. The van der Waals surface area contributed by atoms with Crippen LogP contribution in [-0.2, 0) is 0 Å². The van der Waals surface area contributed by atoms with Crippen LogP contribution in [-0.4, -0.2) is 31.2 Å². The van der Waals surface area contributed by atoms with Gasteiger partial charge in [-0.15, -0.1) is 24.8 Å². The minimum Gasteiger partial charge on any atom is -0.303 e. The van der Waals surface area contributed by atoms with E-state index in [1.807, 2.05) is 0 Å². The Kier molecular flexibility index (Phi) is 9.15. The van der Waals surface area contributed by atoms with Gasteiger partial charge < -0.3 is 5.32 Å². The van der Waals surface area contributed by atoms with E-state index in [2.05, 4.69) is 24.1 Å². The molecule has 70 valence electrons. The Morgan fingerprint density at radius 1 is 1.36 bits per heavy atom. The molecule has 0 aliphatic carbocycles. The van der Waals surface area contributed by atoms with E-state index in [1.54, 1.807) is 0 Å². The molecule has 1 aliphatic heterocycles. The monoisotopic (exact) mass is 200 g/mol. The fourth-order valence-electron chi connectivity index (χ4n) is 1.23. The Balaban J connectivity index is 0. The van der Waals surface area contributed by atoms with Gasteiger partial charge >= 0.3 is 0 Å². The predicted octanol–water partition coefficient (Wildman–Crippen LogP) is 1.35. The van der Waals surface area contributed by atoms with Crippen molar-refractivity contribution in [1.82, 2.24) is 10.2 Å². The molecule has 0 radical (unpaired) electrons. The van der Waals surface area contributed by atoms with Crippen molar-refractivity contribution in [2.45, 2.75) is 13.8 Å². The number of nitrogens with zero attached hydrogens (tertiary/aromatic N) is 1. The molecule has 0 spiro atoms. The Morgan fingerprint density at radius 3 is 2.36 bits per heavy atom. The second-order valence-electron chi connectivity index (χ2n) is 3.13. The van der Waals surface area contributed by atoms with Gasteiger partial charge in [-0.2, -0.15) is 0 Å². The lowest BCUT2D eigenvalue weighted by Crippen LogP contribution is -2.26. The molecule has 0 saturated carbocycles. The van der Waals surface area contributed by atoms with Gasteiger partial charge in [0, 0.05) is 26.3 Å². The highest BCUT2D eigenvalue weighted by molar-refractivity contribution is 5.85. The molecule has 1 heterocycles. The minimum atomic E-state index is 0. The van der Waals surface area contributed by atoms with Crippen molar-refractivity contribution in [3.8, 4) is 0 Å². The zero-order chi connectivity index (χ0) is 6.69. The molecule has 0 atom stereocenters. The highest BCUT2D eigenvalue weighted by Crippen LogP contribution is 1.98. The van der Waals surface area contributed by atoms with E-state index in [0.717, 1.165) is 12.6 Å². The molecule has 1 aliphatic rings. The molecule has 4 heteroatoms. The highest BCUT2D eigenvalue weighted by atomic mass is 35.5. The molecule has 0 unspecified atom stereocenters. The van der Waals surface area contributed by atoms with Crippen molar-refractivity contribution in [1.29, 1.82) is 0 Å². The van der Waals surface area contributed by atoms with E-state index in [-0.39, 0.29) is 24.8 Å². The summed E-state index contributed by atoms with van der Waals surface area (Å²) >= 11 is 0. The molecule has 0 aromatic rings. The second-order valence-corrected chi connectivity index (χ2v) is 3.13. The minimum absolute atomic E-state index is 0. The van der Waals surface area contributed by atoms with Crippen molar-refractivity contribution in [2.24, 2.45) is 5.92 Å². The average molecular weight is 201 g/mol. The fraction of sp³-hybridized carbons (Fsp3) is 1.00. The van der Waals surface area contributed by atoms with Crippen molar-refractivity contribution in [3.05, 3.63) is 0 Å². The molecule has 0 amide bonds. The van der Waals surface area contributed by atoms with Crippen LogP contribution < -0.4 is 5.32 Å². The van der Waals surface area contributed by atoms with E-state index >= 15 is 0 Å². The van der Waals surface area contributed by atoms with Gasteiger partial charge in [-0.25, -0.2) is 0 Å². The summed E-state index contributed by atoms with van der Waals surface area (Å²) in [5.41, 5.74) is 0. The van der Waals surface area contributed by atoms with Gasteiger partial charge in [0.25, 0.3) is 0 Å². The number of rotatable bonds is 2. The molecule has 2 nitrogen and oxygen atoms in total.